The summed E-state index contributed by atoms with van der Waals surface area (Å²) in [5.74, 6) is 0.0918. The van der Waals surface area contributed by atoms with Gasteiger partial charge in [-0.25, -0.2) is 0 Å². The summed E-state index contributed by atoms with van der Waals surface area (Å²) in [6.07, 6.45) is 0. The van der Waals surface area contributed by atoms with Crippen LogP contribution in [-0.4, -0.2) is 41.9 Å². The number of benzene rings is 1. The number of alkyl halides is 1. The van der Waals surface area contributed by atoms with Gasteiger partial charge >= 0.3 is 0 Å². The van der Waals surface area contributed by atoms with Crippen LogP contribution in [0.15, 0.2) is 24.3 Å². The van der Waals surface area contributed by atoms with Crippen molar-refractivity contribution in [3.63, 3.8) is 0 Å². The first-order chi connectivity index (χ1) is 8.22. The Balaban J connectivity index is 2.15. The number of ether oxygens (including phenoxy) is 1. The molecule has 0 radical (unpaired) electrons. The van der Waals surface area contributed by atoms with E-state index < -0.39 is 0 Å². The number of halogens is 2. The normalized spacial score (nSPS) is 20.4. The smallest absolute Gasteiger partial charge is 0.254 e. The lowest BCUT2D eigenvalue weighted by atomic mass is 10.1. The minimum Gasteiger partial charge on any atom is -0.377 e. The molecule has 1 aromatic rings. The molecule has 1 heterocycles. The van der Waals surface area contributed by atoms with Crippen molar-refractivity contribution in [3.05, 3.63) is 33.4 Å². The molecule has 1 aromatic carbocycles. The molecule has 5 heteroatoms. The topological polar surface area (TPSA) is 29.5 Å². The SMILES string of the molecule is O=C(c1ccc(I)cc1)N1CCOCC1CBr. The van der Waals surface area contributed by atoms with Crippen LogP contribution in [0.25, 0.3) is 0 Å². The van der Waals surface area contributed by atoms with Crippen LogP contribution in [0.3, 0.4) is 0 Å². The van der Waals surface area contributed by atoms with Crippen LogP contribution < -0.4 is 0 Å². The summed E-state index contributed by atoms with van der Waals surface area (Å²) in [4.78, 5) is 14.2. The summed E-state index contributed by atoms with van der Waals surface area (Å²) in [5, 5.41) is 0.753. The van der Waals surface area contributed by atoms with E-state index in [0.29, 0.717) is 19.8 Å². The Hall–Kier alpha value is -0.140. The summed E-state index contributed by atoms with van der Waals surface area (Å²) in [6, 6.07) is 7.81. The molecule has 0 bridgehead atoms. The van der Waals surface area contributed by atoms with Gasteiger partial charge < -0.3 is 9.64 Å². The van der Waals surface area contributed by atoms with Gasteiger partial charge in [0.15, 0.2) is 0 Å². The Morgan fingerprint density at radius 3 is 2.82 bits per heavy atom. The average Bonchev–Trinajstić information content (AvgIpc) is 2.39. The van der Waals surface area contributed by atoms with E-state index in [-0.39, 0.29) is 11.9 Å². The van der Waals surface area contributed by atoms with E-state index in [9.17, 15) is 4.79 Å². The highest BCUT2D eigenvalue weighted by Crippen LogP contribution is 2.15. The van der Waals surface area contributed by atoms with Crippen molar-refractivity contribution in [2.45, 2.75) is 6.04 Å². The van der Waals surface area contributed by atoms with Crippen molar-refractivity contribution in [3.8, 4) is 0 Å². The van der Waals surface area contributed by atoms with Crippen LogP contribution in [0, 0.1) is 3.57 Å². The van der Waals surface area contributed by atoms with Crippen molar-refractivity contribution in [1.29, 1.82) is 0 Å². The van der Waals surface area contributed by atoms with E-state index in [1.165, 1.54) is 0 Å². The third-order valence-corrected chi connectivity index (χ3v) is 4.22. The molecule has 0 aliphatic carbocycles. The molecular weight excluding hydrogens is 397 g/mol. The maximum Gasteiger partial charge on any atom is 0.254 e. The van der Waals surface area contributed by atoms with E-state index >= 15 is 0 Å². The van der Waals surface area contributed by atoms with Crippen molar-refractivity contribution < 1.29 is 9.53 Å². The summed E-state index contributed by atoms with van der Waals surface area (Å²) in [6.45, 7) is 1.90. The van der Waals surface area contributed by atoms with Crippen LogP contribution in [0.2, 0.25) is 0 Å². The molecule has 1 saturated heterocycles. The van der Waals surface area contributed by atoms with Gasteiger partial charge in [0, 0.05) is 21.0 Å². The van der Waals surface area contributed by atoms with E-state index in [1.807, 2.05) is 29.2 Å². The Bertz CT molecular complexity index is 396. The quantitative estimate of drug-likeness (QED) is 0.554. The highest BCUT2D eigenvalue weighted by molar-refractivity contribution is 14.1. The monoisotopic (exact) mass is 409 g/mol. The van der Waals surface area contributed by atoms with Gasteiger partial charge in [-0.15, -0.1) is 0 Å². The fourth-order valence-corrected chi connectivity index (χ4v) is 2.70. The van der Waals surface area contributed by atoms with E-state index in [1.54, 1.807) is 0 Å². The van der Waals surface area contributed by atoms with Crippen LogP contribution >= 0.6 is 38.5 Å². The molecule has 1 aliphatic rings. The Kier molecular flexibility index (Phi) is 4.81. The maximum atomic E-state index is 12.3. The van der Waals surface area contributed by atoms with Crippen molar-refractivity contribution in [1.82, 2.24) is 4.90 Å². The molecule has 17 heavy (non-hydrogen) atoms. The zero-order valence-corrected chi connectivity index (χ0v) is 13.0. The summed E-state index contributed by atoms with van der Waals surface area (Å²) in [7, 11) is 0. The molecular formula is C12H13BrINO2. The lowest BCUT2D eigenvalue weighted by Crippen LogP contribution is -2.49. The molecule has 2 rings (SSSR count). The van der Waals surface area contributed by atoms with E-state index in [0.717, 1.165) is 14.5 Å². The predicted molar refractivity (Wildman–Crippen MR) is 78.6 cm³/mol. The second-order valence-electron chi connectivity index (χ2n) is 3.89. The van der Waals surface area contributed by atoms with Crippen molar-refractivity contribution in [2.24, 2.45) is 0 Å². The Morgan fingerprint density at radius 1 is 1.47 bits per heavy atom. The first-order valence-corrected chi connectivity index (χ1v) is 7.62. The molecule has 92 valence electrons. The minimum absolute atomic E-state index is 0.0918. The molecule has 3 nitrogen and oxygen atoms in total. The number of rotatable bonds is 2. The van der Waals surface area contributed by atoms with Crippen LogP contribution in [0.4, 0.5) is 0 Å². The summed E-state index contributed by atoms with van der Waals surface area (Å²) in [5.41, 5.74) is 0.748. The average molecular weight is 410 g/mol. The van der Waals surface area contributed by atoms with Crippen molar-refractivity contribution in [2.75, 3.05) is 25.1 Å². The highest BCUT2D eigenvalue weighted by Gasteiger charge is 2.27. The summed E-state index contributed by atoms with van der Waals surface area (Å²) >= 11 is 5.66. The molecule has 1 fully saturated rings. The van der Waals surface area contributed by atoms with Gasteiger partial charge in [0.1, 0.15) is 0 Å². The predicted octanol–water partition coefficient (Wildman–Crippen LogP) is 2.53. The van der Waals surface area contributed by atoms with E-state index in [2.05, 4.69) is 38.5 Å². The van der Waals surface area contributed by atoms with Crippen LogP contribution in [0.1, 0.15) is 10.4 Å². The molecule has 0 aromatic heterocycles. The van der Waals surface area contributed by atoms with Crippen LogP contribution in [-0.2, 0) is 4.74 Å². The Labute approximate surface area is 123 Å². The summed E-state index contributed by atoms with van der Waals surface area (Å²) < 4.78 is 6.52. The highest BCUT2D eigenvalue weighted by atomic mass is 127. The zero-order valence-electron chi connectivity index (χ0n) is 9.23. The second-order valence-corrected chi connectivity index (χ2v) is 5.78. The molecule has 0 saturated carbocycles. The lowest BCUT2D eigenvalue weighted by Gasteiger charge is -2.34. The first kappa shape index (κ1) is 13.3. The second kappa shape index (κ2) is 6.15. The number of hydrogen-bond acceptors (Lipinski definition) is 2. The van der Waals surface area contributed by atoms with Gasteiger partial charge in [-0.05, 0) is 46.9 Å². The number of hydrogen-bond donors (Lipinski definition) is 0. The number of carbonyl (C=O) groups is 1. The molecule has 0 spiro atoms. The Morgan fingerprint density at radius 2 is 2.18 bits per heavy atom. The molecule has 0 N–H and O–H groups in total. The third kappa shape index (κ3) is 3.20. The zero-order chi connectivity index (χ0) is 12.3. The number of morpholine rings is 1. The van der Waals surface area contributed by atoms with Gasteiger partial charge in [0.2, 0.25) is 0 Å². The van der Waals surface area contributed by atoms with Gasteiger partial charge in [0.25, 0.3) is 5.91 Å². The standard InChI is InChI=1S/C12H13BrINO2/c13-7-11-8-17-6-5-15(11)12(16)9-1-3-10(14)4-2-9/h1-4,11H,5-8H2. The first-order valence-electron chi connectivity index (χ1n) is 5.42. The molecule has 1 unspecified atom stereocenters. The lowest BCUT2D eigenvalue weighted by molar-refractivity contribution is 0.00525. The molecule has 1 amide bonds. The number of carbonyl (C=O) groups excluding carboxylic acids is 1. The fourth-order valence-electron chi connectivity index (χ4n) is 1.81. The van der Waals surface area contributed by atoms with Gasteiger partial charge in [-0.2, -0.15) is 0 Å². The van der Waals surface area contributed by atoms with Crippen molar-refractivity contribution >= 4 is 44.4 Å². The largest absolute Gasteiger partial charge is 0.377 e. The maximum absolute atomic E-state index is 12.3. The molecule has 1 aliphatic heterocycles. The molecule has 1 atom stereocenters. The number of nitrogens with zero attached hydrogens (tertiary/aromatic N) is 1. The minimum atomic E-state index is 0.0918. The third-order valence-electron chi connectivity index (χ3n) is 2.76. The van der Waals surface area contributed by atoms with E-state index in [4.69, 9.17) is 4.74 Å². The van der Waals surface area contributed by atoms with Gasteiger partial charge in [0.05, 0.1) is 19.3 Å². The number of amides is 1. The van der Waals surface area contributed by atoms with Gasteiger partial charge in [-0.1, -0.05) is 15.9 Å². The fraction of sp³-hybridized carbons (Fsp3) is 0.417. The van der Waals surface area contributed by atoms with Gasteiger partial charge in [-0.3, -0.25) is 4.79 Å². The van der Waals surface area contributed by atoms with Crippen LogP contribution in [0.5, 0.6) is 0 Å².